The van der Waals surface area contributed by atoms with Crippen LogP contribution < -0.4 is 5.73 Å². The number of hydrogen-bond donors (Lipinski definition) is 1. The lowest BCUT2D eigenvalue weighted by Gasteiger charge is -2.19. The first-order valence-corrected chi connectivity index (χ1v) is 6.75. The minimum atomic E-state index is 0.111. The molecule has 0 radical (unpaired) electrons. The zero-order chi connectivity index (χ0) is 13.8. The van der Waals surface area contributed by atoms with Crippen molar-refractivity contribution in [2.24, 2.45) is 5.73 Å². The van der Waals surface area contributed by atoms with Gasteiger partial charge in [-0.1, -0.05) is 51.2 Å². The first-order chi connectivity index (χ1) is 8.33. The molecule has 0 saturated carbocycles. The Labute approximate surface area is 118 Å². The Morgan fingerprint density at radius 1 is 1.39 bits per heavy atom. The minimum Gasteiger partial charge on any atom is -0.389 e. The molecule has 0 heterocycles. The summed E-state index contributed by atoms with van der Waals surface area (Å²) in [7, 11) is 0. The average Bonchev–Trinajstić information content (AvgIpc) is 2.25. The second kappa shape index (κ2) is 6.03. The van der Waals surface area contributed by atoms with Gasteiger partial charge in [0.15, 0.2) is 0 Å². The Hall–Kier alpha value is -1.31. The molecule has 0 amide bonds. The van der Waals surface area contributed by atoms with E-state index in [1.54, 1.807) is 17.8 Å². The van der Waals surface area contributed by atoms with Gasteiger partial charge in [-0.15, -0.1) is 11.8 Å². The minimum absolute atomic E-state index is 0.111. The zero-order valence-corrected chi connectivity index (χ0v) is 12.4. The fourth-order valence-electron chi connectivity index (χ4n) is 1.34. The van der Waals surface area contributed by atoms with Crippen molar-refractivity contribution in [2.45, 2.75) is 30.4 Å². The maximum absolute atomic E-state index is 8.99. The summed E-state index contributed by atoms with van der Waals surface area (Å²) in [5.41, 5.74) is 6.82. The van der Waals surface area contributed by atoms with Gasteiger partial charge in [0.25, 0.3) is 0 Å². The third kappa shape index (κ3) is 4.52. The summed E-state index contributed by atoms with van der Waals surface area (Å²) in [6.07, 6.45) is 1.75. The summed E-state index contributed by atoms with van der Waals surface area (Å²) in [5.74, 6) is 0. The molecule has 0 aliphatic heterocycles. The molecule has 0 saturated heterocycles. The summed E-state index contributed by atoms with van der Waals surface area (Å²) in [5, 5.41) is 8.99. The number of rotatable bonds is 3. The van der Waals surface area contributed by atoms with Crippen LogP contribution in [0, 0.1) is 11.3 Å². The first-order valence-electron chi connectivity index (χ1n) is 5.53. The Kier molecular flexibility index (Phi) is 4.94. The number of thioether (sulfide) groups is 1. The molecule has 94 valence electrons. The molecule has 1 aromatic carbocycles. The lowest BCUT2D eigenvalue weighted by Crippen LogP contribution is -2.10. The smallest absolute Gasteiger partial charge is 0.114 e. The van der Waals surface area contributed by atoms with Gasteiger partial charge in [0.05, 0.1) is 5.57 Å². The van der Waals surface area contributed by atoms with Crippen molar-refractivity contribution in [2.75, 3.05) is 0 Å². The molecule has 0 unspecified atom stereocenters. The molecule has 2 nitrogen and oxygen atoms in total. The van der Waals surface area contributed by atoms with E-state index in [4.69, 9.17) is 23.2 Å². The highest BCUT2D eigenvalue weighted by Crippen LogP contribution is 2.34. The third-order valence-electron chi connectivity index (χ3n) is 2.02. The van der Waals surface area contributed by atoms with E-state index in [9.17, 15) is 0 Å². The van der Waals surface area contributed by atoms with Gasteiger partial charge in [0, 0.05) is 9.64 Å². The molecule has 0 bridgehead atoms. The third-order valence-corrected chi connectivity index (χ3v) is 3.44. The van der Waals surface area contributed by atoms with E-state index >= 15 is 0 Å². The van der Waals surface area contributed by atoms with Gasteiger partial charge in [-0.3, -0.25) is 0 Å². The molecule has 0 aliphatic carbocycles. The van der Waals surface area contributed by atoms with Crippen molar-refractivity contribution in [3.63, 3.8) is 0 Å². The summed E-state index contributed by atoms with van der Waals surface area (Å²) in [6, 6.07) is 9.95. The van der Waals surface area contributed by atoms with E-state index in [-0.39, 0.29) is 9.74 Å². The molecule has 0 aromatic heterocycles. The highest BCUT2D eigenvalue weighted by atomic mass is 32.2. The van der Waals surface area contributed by atoms with Crippen LogP contribution in [0.2, 0.25) is 0 Å². The van der Waals surface area contributed by atoms with Crippen molar-refractivity contribution in [3.05, 3.63) is 35.4 Å². The predicted molar refractivity (Wildman–Crippen MR) is 82.4 cm³/mol. The van der Waals surface area contributed by atoms with Crippen LogP contribution in [0.15, 0.2) is 34.7 Å². The molecule has 4 heteroatoms. The van der Waals surface area contributed by atoms with Crippen LogP contribution in [0.5, 0.6) is 0 Å². The lowest BCUT2D eigenvalue weighted by atomic mass is 10.1. The van der Waals surface area contributed by atoms with E-state index in [1.807, 2.05) is 30.3 Å². The maximum atomic E-state index is 8.99. The summed E-state index contributed by atoms with van der Waals surface area (Å²) in [6.45, 7) is 6.45. The van der Waals surface area contributed by atoms with Gasteiger partial charge in [-0.25, -0.2) is 0 Å². The molecule has 0 fully saturated rings. The van der Waals surface area contributed by atoms with Crippen molar-refractivity contribution in [1.82, 2.24) is 0 Å². The van der Waals surface area contributed by atoms with Crippen molar-refractivity contribution in [3.8, 4) is 6.07 Å². The number of nitriles is 1. The second-order valence-electron chi connectivity index (χ2n) is 4.79. The molecular formula is C14H16N2S2. The standard InChI is InChI=1S/C14H16N2S2/c1-14(2,3)18-12-7-5-4-6-10(12)8-11(9-15)13(16)17/h4-8H,1-3H3,(H2,16,17)/b11-8+. The maximum Gasteiger partial charge on any atom is 0.114 e. The first kappa shape index (κ1) is 14.7. The summed E-state index contributed by atoms with van der Waals surface area (Å²) < 4.78 is 0.111. The molecule has 0 spiro atoms. The molecule has 1 rings (SSSR count). The fraction of sp³-hybridized carbons (Fsp3) is 0.286. The molecular weight excluding hydrogens is 260 g/mol. The quantitative estimate of drug-likeness (QED) is 0.395. The zero-order valence-electron chi connectivity index (χ0n) is 10.7. The molecule has 18 heavy (non-hydrogen) atoms. The van der Waals surface area contributed by atoms with Gasteiger partial charge in [-0.2, -0.15) is 5.26 Å². The van der Waals surface area contributed by atoms with Gasteiger partial charge in [0.2, 0.25) is 0 Å². The number of hydrogen-bond acceptors (Lipinski definition) is 3. The fourth-order valence-corrected chi connectivity index (χ4v) is 2.49. The Balaban J connectivity index is 3.18. The van der Waals surface area contributed by atoms with Crippen LogP contribution in [-0.2, 0) is 0 Å². The van der Waals surface area contributed by atoms with Crippen LogP contribution >= 0.6 is 24.0 Å². The molecule has 0 aliphatic rings. The van der Waals surface area contributed by atoms with E-state index in [2.05, 4.69) is 20.8 Å². The Bertz CT molecular complexity index is 519. The molecule has 2 N–H and O–H groups in total. The Morgan fingerprint density at radius 2 is 2.00 bits per heavy atom. The molecule has 0 atom stereocenters. The van der Waals surface area contributed by atoms with E-state index in [1.165, 1.54) is 0 Å². The number of benzene rings is 1. The topological polar surface area (TPSA) is 49.8 Å². The van der Waals surface area contributed by atoms with Crippen LogP contribution in [-0.4, -0.2) is 9.74 Å². The van der Waals surface area contributed by atoms with Crippen LogP contribution in [0.1, 0.15) is 26.3 Å². The van der Waals surface area contributed by atoms with Gasteiger partial charge >= 0.3 is 0 Å². The monoisotopic (exact) mass is 276 g/mol. The second-order valence-corrected chi connectivity index (χ2v) is 7.09. The highest BCUT2D eigenvalue weighted by Gasteiger charge is 2.14. The Morgan fingerprint density at radius 3 is 2.50 bits per heavy atom. The van der Waals surface area contributed by atoms with Crippen molar-refractivity contribution < 1.29 is 0 Å². The largest absolute Gasteiger partial charge is 0.389 e. The predicted octanol–water partition coefficient (Wildman–Crippen LogP) is 3.77. The van der Waals surface area contributed by atoms with Gasteiger partial charge in [0.1, 0.15) is 11.1 Å². The van der Waals surface area contributed by atoms with Crippen LogP contribution in [0.4, 0.5) is 0 Å². The highest BCUT2D eigenvalue weighted by molar-refractivity contribution is 8.00. The summed E-state index contributed by atoms with van der Waals surface area (Å²) in [4.78, 5) is 1.25. The average molecular weight is 276 g/mol. The molecule has 1 aromatic rings. The lowest BCUT2D eigenvalue weighted by molar-refractivity contribution is 0.802. The van der Waals surface area contributed by atoms with E-state index in [0.717, 1.165) is 10.5 Å². The van der Waals surface area contributed by atoms with Gasteiger partial charge < -0.3 is 5.73 Å². The van der Waals surface area contributed by atoms with Crippen molar-refractivity contribution >= 4 is 35.0 Å². The van der Waals surface area contributed by atoms with Crippen LogP contribution in [0.25, 0.3) is 6.08 Å². The van der Waals surface area contributed by atoms with Gasteiger partial charge in [-0.05, 0) is 17.7 Å². The normalized spacial score (nSPS) is 12.0. The summed E-state index contributed by atoms with van der Waals surface area (Å²) >= 11 is 6.60. The number of nitrogens with two attached hydrogens (primary N) is 1. The van der Waals surface area contributed by atoms with Crippen molar-refractivity contribution in [1.29, 1.82) is 5.26 Å². The number of thiocarbonyl (C=S) groups is 1. The number of nitrogens with zero attached hydrogens (tertiary/aromatic N) is 1. The van der Waals surface area contributed by atoms with Crippen LogP contribution in [0.3, 0.4) is 0 Å². The van der Waals surface area contributed by atoms with E-state index in [0.29, 0.717) is 5.57 Å². The van der Waals surface area contributed by atoms with E-state index < -0.39 is 0 Å². The SMILES string of the molecule is CC(C)(C)Sc1ccccc1/C=C(\C#N)C(N)=S.